The summed E-state index contributed by atoms with van der Waals surface area (Å²) in [6.07, 6.45) is -1.00. The number of anilines is 5. The maximum atomic E-state index is 14.1. The van der Waals surface area contributed by atoms with Crippen molar-refractivity contribution in [2.75, 3.05) is 28.7 Å². The standard InChI is InChI=1S/C20H17FN8O3/c1-28(20(31)32-10-30)15-16(22)25-19(26-17(15)23)29-14-9-5-2-6-11(14)18(27-29)24-13-8-4-3-7-12(13)21/h2-10H,1H3,(H,24,27)(H4,22,23,25,26). The monoisotopic (exact) mass is 436 g/mol. The van der Waals surface area contributed by atoms with Crippen LogP contribution in [-0.4, -0.2) is 39.4 Å². The van der Waals surface area contributed by atoms with Gasteiger partial charge in [-0.25, -0.2) is 9.18 Å². The molecule has 0 saturated heterocycles. The second-order valence-electron chi connectivity index (χ2n) is 6.56. The maximum Gasteiger partial charge on any atom is 0.421 e. The molecule has 0 aliphatic carbocycles. The molecule has 12 heteroatoms. The summed E-state index contributed by atoms with van der Waals surface area (Å²) in [6, 6.07) is 13.4. The first-order chi connectivity index (χ1) is 15.4. The molecule has 0 spiro atoms. The van der Waals surface area contributed by atoms with Crippen molar-refractivity contribution in [3.8, 4) is 5.95 Å². The van der Waals surface area contributed by atoms with Crippen molar-refractivity contribution in [3.63, 3.8) is 0 Å². The van der Waals surface area contributed by atoms with Crippen LogP contribution >= 0.6 is 0 Å². The number of carbonyl (C=O) groups is 2. The summed E-state index contributed by atoms with van der Waals surface area (Å²) in [4.78, 5) is 31.6. The molecule has 2 heterocycles. The van der Waals surface area contributed by atoms with Crippen LogP contribution in [0.5, 0.6) is 0 Å². The van der Waals surface area contributed by atoms with Gasteiger partial charge in [0.2, 0.25) is 0 Å². The predicted octanol–water partition coefficient (Wildman–Crippen LogP) is 2.59. The molecule has 5 N–H and O–H groups in total. The van der Waals surface area contributed by atoms with E-state index in [0.29, 0.717) is 16.7 Å². The molecule has 0 fully saturated rings. The summed E-state index contributed by atoms with van der Waals surface area (Å²) in [5.41, 5.74) is 12.8. The number of hydrogen-bond acceptors (Lipinski definition) is 9. The number of ether oxygens (including phenoxy) is 1. The predicted molar refractivity (Wildman–Crippen MR) is 116 cm³/mol. The molecule has 11 nitrogen and oxygen atoms in total. The number of carbonyl (C=O) groups excluding carboxylic acids is 2. The number of nitrogens with two attached hydrogens (primary N) is 2. The fraction of sp³-hybridized carbons (Fsp3) is 0.0500. The molecule has 2 aromatic carbocycles. The highest BCUT2D eigenvalue weighted by atomic mass is 19.1. The third-order valence-electron chi connectivity index (χ3n) is 4.59. The number of rotatable bonds is 5. The van der Waals surface area contributed by atoms with Gasteiger partial charge in [0.1, 0.15) is 11.5 Å². The molecule has 4 rings (SSSR count). The first kappa shape index (κ1) is 20.5. The highest BCUT2D eigenvalue weighted by molar-refractivity contribution is 5.97. The van der Waals surface area contributed by atoms with Gasteiger partial charge in [-0.15, -0.1) is 5.10 Å². The minimum atomic E-state index is -1.00. The van der Waals surface area contributed by atoms with Crippen molar-refractivity contribution in [1.29, 1.82) is 0 Å². The lowest BCUT2D eigenvalue weighted by atomic mass is 10.2. The minimum Gasteiger partial charge on any atom is -0.382 e. The number of nitrogen functional groups attached to an aromatic ring is 2. The van der Waals surface area contributed by atoms with E-state index in [-0.39, 0.29) is 35.4 Å². The lowest BCUT2D eigenvalue weighted by molar-refractivity contribution is -0.123. The normalized spacial score (nSPS) is 10.7. The fourth-order valence-corrected chi connectivity index (χ4v) is 3.13. The van der Waals surface area contributed by atoms with Crippen molar-refractivity contribution in [1.82, 2.24) is 19.7 Å². The average Bonchev–Trinajstić information content (AvgIpc) is 3.13. The van der Waals surface area contributed by atoms with Gasteiger partial charge in [-0.2, -0.15) is 14.6 Å². The highest BCUT2D eigenvalue weighted by Gasteiger charge is 2.23. The van der Waals surface area contributed by atoms with Crippen LogP contribution in [0.4, 0.5) is 38.0 Å². The van der Waals surface area contributed by atoms with Crippen LogP contribution in [0, 0.1) is 5.82 Å². The van der Waals surface area contributed by atoms with Gasteiger partial charge in [0.15, 0.2) is 17.5 Å². The van der Waals surface area contributed by atoms with Crippen molar-refractivity contribution in [2.24, 2.45) is 0 Å². The van der Waals surface area contributed by atoms with E-state index in [2.05, 4.69) is 25.1 Å². The molecule has 1 amide bonds. The average molecular weight is 436 g/mol. The third kappa shape index (κ3) is 3.60. The fourth-order valence-electron chi connectivity index (χ4n) is 3.13. The Morgan fingerprint density at radius 1 is 1.12 bits per heavy atom. The van der Waals surface area contributed by atoms with Gasteiger partial charge in [-0.3, -0.25) is 9.69 Å². The Bertz CT molecular complexity index is 1320. The van der Waals surface area contributed by atoms with Gasteiger partial charge in [-0.1, -0.05) is 24.3 Å². The SMILES string of the molecule is CN(C(=O)OC=O)c1c(N)nc(-n2nc(Nc3ccccc3F)c3ccccc32)nc1N. The molecule has 0 unspecified atom stereocenters. The molecule has 0 aliphatic heterocycles. The number of nitrogens with one attached hydrogen (secondary N) is 1. The van der Waals surface area contributed by atoms with Crippen molar-refractivity contribution < 1.29 is 18.7 Å². The smallest absolute Gasteiger partial charge is 0.382 e. The number of aromatic nitrogens is 4. The van der Waals surface area contributed by atoms with Gasteiger partial charge < -0.3 is 21.5 Å². The number of benzene rings is 2. The Morgan fingerprint density at radius 3 is 2.47 bits per heavy atom. The summed E-state index contributed by atoms with van der Waals surface area (Å²) in [5, 5.41) is 8.11. The van der Waals surface area contributed by atoms with E-state index in [1.165, 1.54) is 17.8 Å². The van der Waals surface area contributed by atoms with Crippen LogP contribution in [0.15, 0.2) is 48.5 Å². The van der Waals surface area contributed by atoms with Gasteiger partial charge in [0.05, 0.1) is 11.2 Å². The summed E-state index contributed by atoms with van der Waals surface area (Å²) >= 11 is 0. The van der Waals surface area contributed by atoms with E-state index in [9.17, 15) is 14.0 Å². The van der Waals surface area contributed by atoms with Crippen molar-refractivity contribution in [2.45, 2.75) is 0 Å². The molecule has 32 heavy (non-hydrogen) atoms. The minimum absolute atomic E-state index is 0.0135. The Labute approximate surface area is 180 Å². The van der Waals surface area contributed by atoms with E-state index < -0.39 is 11.9 Å². The quantitative estimate of drug-likeness (QED) is 0.316. The lowest BCUT2D eigenvalue weighted by Gasteiger charge is -2.18. The Morgan fingerprint density at radius 2 is 1.78 bits per heavy atom. The zero-order valence-corrected chi connectivity index (χ0v) is 16.7. The molecule has 162 valence electrons. The summed E-state index contributed by atoms with van der Waals surface area (Å²) in [6.45, 7) is -0.0135. The van der Waals surface area contributed by atoms with Crippen LogP contribution in [0.3, 0.4) is 0 Å². The number of fused-ring (bicyclic) bond motifs is 1. The second kappa shape index (κ2) is 8.18. The Hall–Kier alpha value is -4.74. The zero-order chi connectivity index (χ0) is 22.8. The van der Waals surface area contributed by atoms with Crippen LogP contribution < -0.4 is 21.7 Å². The Balaban J connectivity index is 1.80. The number of hydrogen-bond donors (Lipinski definition) is 3. The van der Waals surface area contributed by atoms with Gasteiger partial charge >= 0.3 is 12.6 Å². The summed E-state index contributed by atoms with van der Waals surface area (Å²) in [5.74, 6) is -0.326. The second-order valence-corrected chi connectivity index (χ2v) is 6.56. The van der Waals surface area contributed by atoms with E-state index >= 15 is 0 Å². The van der Waals surface area contributed by atoms with Crippen LogP contribution in [0.1, 0.15) is 0 Å². The molecule has 0 aliphatic rings. The summed E-state index contributed by atoms with van der Waals surface area (Å²) < 4.78 is 19.8. The maximum absolute atomic E-state index is 14.1. The van der Waals surface area contributed by atoms with Crippen molar-refractivity contribution >= 4 is 52.3 Å². The number of para-hydroxylation sites is 2. The molecule has 4 aromatic rings. The molecular formula is C20H17FN8O3. The lowest BCUT2D eigenvalue weighted by Crippen LogP contribution is -2.29. The van der Waals surface area contributed by atoms with Crippen LogP contribution in [0.2, 0.25) is 0 Å². The molecule has 0 saturated carbocycles. The van der Waals surface area contributed by atoms with E-state index in [1.54, 1.807) is 42.5 Å². The van der Waals surface area contributed by atoms with Gasteiger partial charge in [-0.05, 0) is 24.3 Å². The van der Waals surface area contributed by atoms with Gasteiger partial charge in [0.25, 0.3) is 5.95 Å². The molecule has 0 bridgehead atoms. The van der Waals surface area contributed by atoms with E-state index in [1.807, 2.05) is 0 Å². The van der Waals surface area contributed by atoms with E-state index in [4.69, 9.17) is 11.5 Å². The zero-order valence-electron chi connectivity index (χ0n) is 16.7. The molecule has 0 radical (unpaired) electrons. The Kier molecular flexibility index (Phi) is 5.25. The number of halogens is 1. The van der Waals surface area contributed by atoms with Gasteiger partial charge in [0, 0.05) is 12.4 Å². The van der Waals surface area contributed by atoms with Crippen LogP contribution in [-0.2, 0) is 9.53 Å². The first-order valence-corrected chi connectivity index (χ1v) is 9.21. The van der Waals surface area contributed by atoms with Crippen molar-refractivity contribution in [3.05, 3.63) is 54.3 Å². The number of nitrogens with zero attached hydrogens (tertiary/aromatic N) is 5. The number of amides is 1. The topological polar surface area (TPSA) is 154 Å². The highest BCUT2D eigenvalue weighted by Crippen LogP contribution is 2.31. The molecule has 2 aromatic heterocycles. The molecular weight excluding hydrogens is 419 g/mol. The molecule has 0 atom stereocenters. The van der Waals surface area contributed by atoms with Crippen LogP contribution in [0.25, 0.3) is 16.9 Å². The summed E-state index contributed by atoms with van der Waals surface area (Å²) in [7, 11) is 1.30. The largest absolute Gasteiger partial charge is 0.421 e. The first-order valence-electron chi connectivity index (χ1n) is 9.21. The van der Waals surface area contributed by atoms with E-state index in [0.717, 1.165) is 4.90 Å². The third-order valence-corrected chi connectivity index (χ3v) is 4.59.